The highest BCUT2D eigenvalue weighted by molar-refractivity contribution is 5.73. The fraction of sp³-hybridized carbons (Fsp3) is 0.500. The predicted molar refractivity (Wildman–Crippen MR) is 47.3 cm³/mol. The van der Waals surface area contributed by atoms with Crippen LogP contribution in [0.25, 0.3) is 0 Å². The van der Waals surface area contributed by atoms with E-state index in [2.05, 4.69) is 5.10 Å². The Balaban J connectivity index is 2.74. The SMILES string of the molecule is Cc1cn(C)nc1C[C@H](N)C(=O)O. The molecule has 1 aromatic rings. The number of aryl methyl sites for hydroxylation is 2. The Morgan fingerprint density at radius 2 is 2.46 bits per heavy atom. The van der Waals surface area contributed by atoms with Crippen LogP contribution in [0.2, 0.25) is 0 Å². The van der Waals surface area contributed by atoms with Gasteiger partial charge in [-0.05, 0) is 12.5 Å². The first kappa shape index (κ1) is 9.73. The molecule has 1 heterocycles. The van der Waals surface area contributed by atoms with Crippen molar-refractivity contribution in [2.75, 3.05) is 0 Å². The Bertz CT molecular complexity index is 319. The number of aliphatic carboxylic acids is 1. The molecule has 0 fully saturated rings. The number of hydrogen-bond acceptors (Lipinski definition) is 3. The minimum absolute atomic E-state index is 0.280. The number of rotatable bonds is 3. The van der Waals surface area contributed by atoms with Gasteiger partial charge in [0, 0.05) is 19.7 Å². The summed E-state index contributed by atoms with van der Waals surface area (Å²) < 4.78 is 1.65. The lowest BCUT2D eigenvalue weighted by Crippen LogP contribution is -2.32. The maximum absolute atomic E-state index is 10.5. The van der Waals surface area contributed by atoms with Crippen molar-refractivity contribution in [2.24, 2.45) is 12.8 Å². The molecular formula is C8H13N3O2. The summed E-state index contributed by atoms with van der Waals surface area (Å²) in [5.41, 5.74) is 7.10. The molecule has 0 amide bonds. The van der Waals surface area contributed by atoms with Gasteiger partial charge in [-0.2, -0.15) is 5.10 Å². The topological polar surface area (TPSA) is 81.1 Å². The van der Waals surface area contributed by atoms with E-state index in [9.17, 15) is 4.79 Å². The third kappa shape index (κ3) is 2.29. The van der Waals surface area contributed by atoms with Crippen LogP contribution in [0.15, 0.2) is 6.20 Å². The zero-order valence-corrected chi connectivity index (χ0v) is 7.69. The van der Waals surface area contributed by atoms with Crippen molar-refractivity contribution in [3.63, 3.8) is 0 Å². The van der Waals surface area contributed by atoms with E-state index in [1.807, 2.05) is 13.1 Å². The van der Waals surface area contributed by atoms with Crippen molar-refractivity contribution in [3.8, 4) is 0 Å². The molecule has 72 valence electrons. The molecule has 5 heteroatoms. The number of nitrogens with zero attached hydrogens (tertiary/aromatic N) is 2. The predicted octanol–water partition coefficient (Wildman–Crippen LogP) is -0.317. The lowest BCUT2D eigenvalue weighted by Gasteiger charge is -2.03. The Morgan fingerprint density at radius 3 is 2.85 bits per heavy atom. The van der Waals surface area contributed by atoms with Crippen molar-refractivity contribution in [1.29, 1.82) is 0 Å². The summed E-state index contributed by atoms with van der Waals surface area (Å²) in [6.45, 7) is 1.89. The van der Waals surface area contributed by atoms with Crippen LogP contribution in [0.1, 0.15) is 11.3 Å². The van der Waals surface area contributed by atoms with Crippen molar-refractivity contribution in [1.82, 2.24) is 9.78 Å². The zero-order valence-electron chi connectivity index (χ0n) is 7.69. The number of hydrogen-bond donors (Lipinski definition) is 2. The number of aromatic nitrogens is 2. The largest absolute Gasteiger partial charge is 0.480 e. The van der Waals surface area contributed by atoms with Crippen LogP contribution < -0.4 is 5.73 Å². The summed E-state index contributed by atoms with van der Waals surface area (Å²) in [7, 11) is 1.79. The number of nitrogens with two attached hydrogens (primary N) is 1. The highest BCUT2D eigenvalue weighted by atomic mass is 16.4. The Hall–Kier alpha value is -1.36. The molecule has 0 radical (unpaired) electrons. The second-order valence-electron chi connectivity index (χ2n) is 3.08. The summed E-state index contributed by atoms with van der Waals surface area (Å²) in [5.74, 6) is -0.995. The number of carboxylic acids is 1. The van der Waals surface area contributed by atoms with Gasteiger partial charge in [0.25, 0.3) is 0 Å². The average molecular weight is 183 g/mol. The third-order valence-electron chi connectivity index (χ3n) is 1.84. The van der Waals surface area contributed by atoms with E-state index in [0.717, 1.165) is 11.3 Å². The normalized spacial score (nSPS) is 12.8. The van der Waals surface area contributed by atoms with Crippen LogP contribution in [0.3, 0.4) is 0 Å². The molecule has 0 spiro atoms. The fourth-order valence-electron chi connectivity index (χ4n) is 1.15. The molecule has 5 nitrogen and oxygen atoms in total. The lowest BCUT2D eigenvalue weighted by atomic mass is 10.1. The molecule has 13 heavy (non-hydrogen) atoms. The van der Waals surface area contributed by atoms with E-state index < -0.39 is 12.0 Å². The first-order valence-corrected chi connectivity index (χ1v) is 3.98. The molecular weight excluding hydrogens is 170 g/mol. The van der Waals surface area contributed by atoms with Crippen LogP contribution >= 0.6 is 0 Å². The van der Waals surface area contributed by atoms with E-state index >= 15 is 0 Å². The molecule has 1 rings (SSSR count). The summed E-state index contributed by atoms with van der Waals surface area (Å²) in [4.78, 5) is 10.5. The van der Waals surface area contributed by atoms with Gasteiger partial charge in [-0.25, -0.2) is 0 Å². The van der Waals surface area contributed by atoms with E-state index in [1.54, 1.807) is 11.7 Å². The molecule has 0 aliphatic carbocycles. The van der Waals surface area contributed by atoms with Gasteiger partial charge in [-0.1, -0.05) is 0 Å². The van der Waals surface area contributed by atoms with Crippen LogP contribution in [0, 0.1) is 6.92 Å². The molecule has 0 aliphatic rings. The Labute approximate surface area is 76.2 Å². The van der Waals surface area contributed by atoms with Crippen molar-refractivity contribution in [2.45, 2.75) is 19.4 Å². The summed E-state index contributed by atoms with van der Waals surface area (Å²) in [6.07, 6.45) is 2.12. The molecule has 0 unspecified atom stereocenters. The fourth-order valence-corrected chi connectivity index (χ4v) is 1.15. The molecule has 0 saturated heterocycles. The highest BCUT2D eigenvalue weighted by Gasteiger charge is 2.15. The maximum atomic E-state index is 10.5. The third-order valence-corrected chi connectivity index (χ3v) is 1.84. The van der Waals surface area contributed by atoms with Crippen molar-refractivity contribution >= 4 is 5.97 Å². The average Bonchev–Trinajstić information content (AvgIpc) is 2.30. The van der Waals surface area contributed by atoms with Crippen LogP contribution in [-0.4, -0.2) is 26.9 Å². The van der Waals surface area contributed by atoms with Crippen molar-refractivity contribution < 1.29 is 9.90 Å². The van der Waals surface area contributed by atoms with E-state index in [0.29, 0.717) is 0 Å². The molecule has 3 N–H and O–H groups in total. The first-order valence-electron chi connectivity index (χ1n) is 3.98. The van der Waals surface area contributed by atoms with Gasteiger partial charge in [0.15, 0.2) is 0 Å². The van der Waals surface area contributed by atoms with Crippen LogP contribution in [0.4, 0.5) is 0 Å². The summed E-state index contributed by atoms with van der Waals surface area (Å²) in [6, 6.07) is -0.867. The monoisotopic (exact) mass is 183 g/mol. The number of carboxylic acid groups (broad SMARTS) is 1. The van der Waals surface area contributed by atoms with Crippen molar-refractivity contribution in [3.05, 3.63) is 17.5 Å². The molecule has 1 aromatic heterocycles. The number of carbonyl (C=O) groups is 1. The highest BCUT2D eigenvalue weighted by Crippen LogP contribution is 2.06. The molecule has 1 atom stereocenters. The van der Waals surface area contributed by atoms with Gasteiger partial charge in [0.2, 0.25) is 0 Å². The minimum Gasteiger partial charge on any atom is -0.480 e. The molecule has 0 aliphatic heterocycles. The van der Waals surface area contributed by atoms with Gasteiger partial charge in [-0.15, -0.1) is 0 Å². The summed E-state index contributed by atoms with van der Waals surface area (Å²) in [5, 5.41) is 12.7. The van der Waals surface area contributed by atoms with Gasteiger partial charge in [0.05, 0.1) is 5.69 Å². The maximum Gasteiger partial charge on any atom is 0.320 e. The smallest absolute Gasteiger partial charge is 0.320 e. The second kappa shape index (κ2) is 3.57. The second-order valence-corrected chi connectivity index (χ2v) is 3.08. The van der Waals surface area contributed by atoms with Gasteiger partial charge in [-0.3, -0.25) is 9.48 Å². The van der Waals surface area contributed by atoms with Gasteiger partial charge < -0.3 is 10.8 Å². The zero-order chi connectivity index (χ0) is 10.0. The quantitative estimate of drug-likeness (QED) is 0.673. The van der Waals surface area contributed by atoms with E-state index in [4.69, 9.17) is 10.8 Å². The Kier molecular flexibility index (Phi) is 2.67. The Morgan fingerprint density at radius 1 is 1.85 bits per heavy atom. The minimum atomic E-state index is -0.995. The van der Waals surface area contributed by atoms with Gasteiger partial charge in [0.1, 0.15) is 6.04 Å². The lowest BCUT2D eigenvalue weighted by molar-refractivity contribution is -0.138. The first-order chi connectivity index (χ1) is 6.00. The standard InChI is InChI=1S/C8H13N3O2/c1-5-4-11(2)10-7(5)3-6(9)8(12)13/h4,6H,3,9H2,1-2H3,(H,12,13)/t6-/m0/s1. The molecule has 0 aromatic carbocycles. The summed E-state index contributed by atoms with van der Waals surface area (Å²) >= 11 is 0. The van der Waals surface area contributed by atoms with Crippen LogP contribution in [0.5, 0.6) is 0 Å². The molecule has 0 saturated carbocycles. The molecule has 0 bridgehead atoms. The van der Waals surface area contributed by atoms with E-state index in [-0.39, 0.29) is 6.42 Å². The van der Waals surface area contributed by atoms with E-state index in [1.165, 1.54) is 0 Å². The van der Waals surface area contributed by atoms with Gasteiger partial charge >= 0.3 is 5.97 Å². The van der Waals surface area contributed by atoms with Crippen LogP contribution in [-0.2, 0) is 18.3 Å².